The minimum Gasteiger partial charge on any atom is -0.269 e. The van der Waals surface area contributed by atoms with Gasteiger partial charge in [-0.1, -0.05) is 231 Å². The first kappa shape index (κ1) is 53.7. The fourth-order valence-electron chi connectivity index (χ4n) is 20.4. The zero-order valence-electron chi connectivity index (χ0n) is 44.0. The van der Waals surface area contributed by atoms with Gasteiger partial charge in [-0.05, 0) is 172 Å². The Morgan fingerprint density at radius 2 is 0.273 bits per heavy atom. The molecule has 0 heterocycles. The molecule has 0 bridgehead atoms. The topological polar surface area (TPSA) is 0 Å². The maximum Gasteiger partial charge on any atom is -0.0352 e. The molecule has 16 atom stereocenters. The van der Waals surface area contributed by atoms with Gasteiger partial charge in [0.25, 0.3) is 0 Å². The van der Waals surface area contributed by atoms with Crippen molar-refractivity contribution in [1.82, 2.24) is 0 Å². The Balaban J connectivity index is 0.000000123. The summed E-state index contributed by atoms with van der Waals surface area (Å²) in [5.74, 6) is 18.7. The molecule has 0 nitrogen and oxygen atoms in total. The molecule has 14 aliphatic rings. The molecule has 0 radical (unpaired) electrons. The molecule has 14 aliphatic carbocycles. The van der Waals surface area contributed by atoms with Crippen LogP contribution in [-0.2, 0) is 0 Å². The van der Waals surface area contributed by atoms with E-state index in [1.54, 1.807) is 193 Å². The standard InChI is InChI=1S/2C17H28.2C9H16.2C6H12.2FH/c2*1-2-6-14-12(4-1)8-10-17-15-7-3-5-13(15)9-11-16(14)17;2*1-2-5-9-7-3-6-8(9)4-1;2*1-2-4-6-5-3-1;;/h2*12-17H,1-11H2;2*8-9H,1-7H2;2*1-6H2;2*1H. The molecule has 14 rings (SSSR count). The molecule has 16 unspecified atom stereocenters. The molecule has 0 aromatic carbocycles. The minimum absolute atomic E-state index is 0. The summed E-state index contributed by atoms with van der Waals surface area (Å²) in [5, 5.41) is 0. The lowest BCUT2D eigenvalue weighted by atomic mass is 9.54. The number of rotatable bonds is 0. The first-order valence-corrected chi connectivity index (χ1v) is 31.8. The van der Waals surface area contributed by atoms with E-state index in [-0.39, 0.29) is 9.41 Å². The van der Waals surface area contributed by atoms with Crippen LogP contribution in [0.5, 0.6) is 0 Å². The second kappa shape index (κ2) is 28.8. The summed E-state index contributed by atoms with van der Waals surface area (Å²) in [6.45, 7) is 0. The highest BCUT2D eigenvalue weighted by Gasteiger charge is 2.50. The van der Waals surface area contributed by atoms with E-state index in [1.165, 1.54) is 187 Å². The average molecular weight is 922 g/mol. The van der Waals surface area contributed by atoms with Crippen molar-refractivity contribution < 1.29 is 9.41 Å². The van der Waals surface area contributed by atoms with Crippen LogP contribution in [-0.4, -0.2) is 0 Å². The number of hydrogen-bond acceptors (Lipinski definition) is 0. The summed E-state index contributed by atoms with van der Waals surface area (Å²) >= 11 is 0. The number of halogens is 2. The second-order valence-electron chi connectivity index (χ2n) is 26.8. The van der Waals surface area contributed by atoms with E-state index in [1.807, 2.05) is 0 Å². The van der Waals surface area contributed by atoms with Crippen LogP contribution in [0.25, 0.3) is 0 Å². The van der Waals surface area contributed by atoms with Gasteiger partial charge in [-0.2, -0.15) is 0 Å². The SMILES string of the molecule is C1CCC2C(C1)CCC1C3CCCC3CCC21.C1CCC2C(C1)CCC1C3CCCC3CCC21.C1CCC2CCCC2C1.C1CCC2CCCC2C1.C1CCCCC1.C1CCCCC1.F.F. The van der Waals surface area contributed by atoms with Gasteiger partial charge in [0, 0.05) is 0 Å². The van der Waals surface area contributed by atoms with Crippen molar-refractivity contribution in [3.63, 3.8) is 0 Å². The van der Waals surface area contributed by atoms with Crippen LogP contribution < -0.4 is 0 Å². The molecular weight excluding hydrogens is 807 g/mol. The normalized spacial score (nSPS) is 43.6. The van der Waals surface area contributed by atoms with Crippen LogP contribution in [0.1, 0.15) is 308 Å². The van der Waals surface area contributed by atoms with Crippen LogP contribution in [0.15, 0.2) is 0 Å². The smallest absolute Gasteiger partial charge is 0.0352 e. The highest BCUT2D eigenvalue weighted by atomic mass is 19.0. The van der Waals surface area contributed by atoms with Gasteiger partial charge in [0.1, 0.15) is 0 Å². The molecule has 66 heavy (non-hydrogen) atoms. The van der Waals surface area contributed by atoms with Crippen LogP contribution >= 0.6 is 0 Å². The first-order chi connectivity index (χ1) is 31.8. The summed E-state index contributed by atoms with van der Waals surface area (Å²) in [5.41, 5.74) is 0. The van der Waals surface area contributed by atoms with E-state index in [4.69, 9.17) is 0 Å². The van der Waals surface area contributed by atoms with Gasteiger partial charge >= 0.3 is 0 Å². The van der Waals surface area contributed by atoms with Gasteiger partial charge < -0.3 is 0 Å². The van der Waals surface area contributed by atoms with Gasteiger partial charge in [0.15, 0.2) is 0 Å². The van der Waals surface area contributed by atoms with Gasteiger partial charge in [0.2, 0.25) is 0 Å². The molecule has 0 N–H and O–H groups in total. The van der Waals surface area contributed by atoms with Gasteiger partial charge in [-0.15, -0.1) is 0 Å². The van der Waals surface area contributed by atoms with Crippen LogP contribution in [0.2, 0.25) is 0 Å². The third-order valence-corrected chi connectivity index (χ3v) is 23.6. The minimum atomic E-state index is 0. The highest BCUT2D eigenvalue weighted by molar-refractivity contribution is 5.00. The van der Waals surface area contributed by atoms with Crippen molar-refractivity contribution in [2.75, 3.05) is 0 Å². The molecule has 2 heteroatoms. The molecule has 0 aliphatic heterocycles. The largest absolute Gasteiger partial charge is 0.269 e. The van der Waals surface area contributed by atoms with E-state index in [9.17, 15) is 0 Å². The molecular formula is C64H114F2. The third-order valence-electron chi connectivity index (χ3n) is 23.6. The first-order valence-electron chi connectivity index (χ1n) is 31.8. The monoisotopic (exact) mass is 921 g/mol. The lowest BCUT2D eigenvalue weighted by Crippen LogP contribution is -2.43. The lowest BCUT2D eigenvalue weighted by Gasteiger charge is -2.51. The average Bonchev–Trinajstić information content (AvgIpc) is 4.24. The molecule has 384 valence electrons. The van der Waals surface area contributed by atoms with Crippen molar-refractivity contribution >= 4 is 0 Å². The number of fused-ring (bicyclic) bond motifs is 12. The van der Waals surface area contributed by atoms with Crippen LogP contribution in [0.4, 0.5) is 9.41 Å². The summed E-state index contributed by atoms with van der Waals surface area (Å²) in [6, 6.07) is 0. The maximum absolute atomic E-state index is 1.62. The quantitative estimate of drug-likeness (QED) is 0.227. The van der Waals surface area contributed by atoms with E-state index in [0.29, 0.717) is 0 Å². The van der Waals surface area contributed by atoms with Gasteiger partial charge in [-0.3, -0.25) is 9.41 Å². The molecule has 0 aromatic heterocycles. The third kappa shape index (κ3) is 14.5. The van der Waals surface area contributed by atoms with E-state index < -0.39 is 0 Å². The predicted octanol–water partition coefficient (Wildman–Crippen LogP) is 21.0. The summed E-state index contributed by atoms with van der Waals surface area (Å²) in [6.07, 6.45) is 74.6. The molecule has 0 amide bonds. The molecule has 14 saturated carbocycles. The Morgan fingerprint density at radius 1 is 0.106 bits per heavy atom. The van der Waals surface area contributed by atoms with Crippen molar-refractivity contribution in [3.05, 3.63) is 0 Å². The Hall–Kier alpha value is -0.140. The van der Waals surface area contributed by atoms with E-state index in [0.717, 1.165) is 23.7 Å². The molecule has 14 fully saturated rings. The lowest BCUT2D eigenvalue weighted by molar-refractivity contribution is -0.0184. The van der Waals surface area contributed by atoms with Crippen LogP contribution in [0, 0.1) is 94.7 Å². The highest BCUT2D eigenvalue weighted by Crippen LogP contribution is 2.59. The predicted molar refractivity (Wildman–Crippen MR) is 282 cm³/mol. The summed E-state index contributed by atoms with van der Waals surface area (Å²) < 4.78 is 0. The second-order valence-corrected chi connectivity index (χ2v) is 26.8. The fraction of sp³-hybridized carbons (Fsp3) is 1.00. The Morgan fingerprint density at radius 3 is 0.530 bits per heavy atom. The fourth-order valence-corrected chi connectivity index (χ4v) is 20.4. The number of hydrogen-bond donors (Lipinski definition) is 0. The maximum atomic E-state index is 1.62. The van der Waals surface area contributed by atoms with Crippen molar-refractivity contribution in [2.45, 2.75) is 308 Å². The van der Waals surface area contributed by atoms with Gasteiger partial charge in [-0.25, -0.2) is 0 Å². The molecule has 0 aromatic rings. The molecule has 0 spiro atoms. The van der Waals surface area contributed by atoms with E-state index in [2.05, 4.69) is 0 Å². The van der Waals surface area contributed by atoms with Crippen molar-refractivity contribution in [3.8, 4) is 0 Å². The van der Waals surface area contributed by atoms with Crippen molar-refractivity contribution in [1.29, 1.82) is 0 Å². The summed E-state index contributed by atoms with van der Waals surface area (Å²) in [7, 11) is 0. The van der Waals surface area contributed by atoms with Crippen LogP contribution in [0.3, 0.4) is 0 Å². The Kier molecular flexibility index (Phi) is 23.4. The Bertz CT molecular complexity index is 1130. The zero-order valence-corrected chi connectivity index (χ0v) is 44.0. The zero-order chi connectivity index (χ0) is 43.2. The van der Waals surface area contributed by atoms with Gasteiger partial charge in [0.05, 0.1) is 0 Å². The van der Waals surface area contributed by atoms with Crippen molar-refractivity contribution in [2.24, 2.45) is 94.7 Å². The summed E-state index contributed by atoms with van der Waals surface area (Å²) in [4.78, 5) is 0. The van der Waals surface area contributed by atoms with E-state index >= 15 is 0 Å². The Labute approximate surface area is 410 Å². The molecule has 0 saturated heterocycles.